The summed E-state index contributed by atoms with van der Waals surface area (Å²) < 4.78 is 11.1. The first-order valence-corrected chi connectivity index (χ1v) is 7.83. The lowest BCUT2D eigenvalue weighted by molar-refractivity contribution is -0.114. The lowest BCUT2D eigenvalue weighted by atomic mass is 9.66. The zero-order chi connectivity index (χ0) is 16.4. The van der Waals surface area contributed by atoms with Gasteiger partial charge in [-0.25, -0.2) is 4.79 Å². The summed E-state index contributed by atoms with van der Waals surface area (Å²) in [7, 11) is 1.51. The van der Waals surface area contributed by atoms with Crippen LogP contribution in [0.25, 0.3) is 0 Å². The lowest BCUT2D eigenvalue weighted by Gasteiger charge is -2.42. The number of fused-ring (bicyclic) bond motifs is 1. The van der Waals surface area contributed by atoms with Gasteiger partial charge >= 0.3 is 5.97 Å². The van der Waals surface area contributed by atoms with Crippen LogP contribution in [0, 0.1) is 5.41 Å². The van der Waals surface area contributed by atoms with Gasteiger partial charge in [-0.2, -0.15) is 0 Å². The van der Waals surface area contributed by atoms with E-state index in [-0.39, 0.29) is 17.9 Å². The summed E-state index contributed by atoms with van der Waals surface area (Å²) in [6.07, 6.45) is 5.51. The maximum Gasteiger partial charge on any atom is 0.338 e. The van der Waals surface area contributed by atoms with E-state index in [0.29, 0.717) is 11.3 Å². The normalized spacial score (nSPS) is 26.7. The largest absolute Gasteiger partial charge is 0.493 e. The molecule has 0 bridgehead atoms. The molecule has 0 radical (unpaired) electrons. The van der Waals surface area contributed by atoms with Crippen molar-refractivity contribution in [2.24, 2.45) is 5.41 Å². The van der Waals surface area contributed by atoms with E-state index in [0.717, 1.165) is 24.8 Å². The summed E-state index contributed by atoms with van der Waals surface area (Å²) in [5, 5.41) is 0. The van der Waals surface area contributed by atoms with Crippen molar-refractivity contribution in [3.8, 4) is 0 Å². The smallest absolute Gasteiger partial charge is 0.338 e. The van der Waals surface area contributed by atoms with Gasteiger partial charge in [-0.1, -0.05) is 24.3 Å². The van der Waals surface area contributed by atoms with Crippen molar-refractivity contribution in [2.45, 2.75) is 32.3 Å². The third kappa shape index (κ3) is 2.69. The number of ketones is 1. The molecule has 0 heterocycles. The highest BCUT2D eigenvalue weighted by Crippen LogP contribution is 2.47. The molecule has 4 heteroatoms. The minimum atomic E-state index is -0.484. The fourth-order valence-electron chi connectivity index (χ4n) is 3.44. The average Bonchev–Trinajstić information content (AvgIpc) is 2.57. The van der Waals surface area contributed by atoms with E-state index in [2.05, 4.69) is 0 Å². The summed E-state index contributed by atoms with van der Waals surface area (Å²) in [6, 6.07) is 8.97. The number of benzene rings is 1. The number of methoxy groups -OCH3 is 1. The Morgan fingerprint density at radius 1 is 1.26 bits per heavy atom. The molecule has 0 unspecified atom stereocenters. The van der Waals surface area contributed by atoms with E-state index in [1.807, 2.05) is 31.2 Å². The van der Waals surface area contributed by atoms with E-state index < -0.39 is 5.41 Å². The van der Waals surface area contributed by atoms with Crippen LogP contribution in [0.1, 0.15) is 36.5 Å². The highest BCUT2D eigenvalue weighted by Gasteiger charge is 2.45. The molecule has 2 aliphatic carbocycles. The van der Waals surface area contributed by atoms with Gasteiger partial charge in [-0.05, 0) is 50.0 Å². The van der Waals surface area contributed by atoms with Crippen molar-refractivity contribution in [3.05, 3.63) is 59.4 Å². The van der Waals surface area contributed by atoms with E-state index in [1.165, 1.54) is 13.2 Å². The van der Waals surface area contributed by atoms with Crippen molar-refractivity contribution in [1.29, 1.82) is 0 Å². The van der Waals surface area contributed by atoms with Gasteiger partial charge in [0.2, 0.25) is 5.78 Å². The number of allylic oxidation sites excluding steroid dienone is 1. The van der Waals surface area contributed by atoms with Crippen LogP contribution in [-0.4, -0.2) is 25.0 Å². The Morgan fingerprint density at radius 2 is 2.00 bits per heavy atom. The zero-order valence-corrected chi connectivity index (χ0v) is 13.4. The summed E-state index contributed by atoms with van der Waals surface area (Å²) in [6.45, 7) is 2.01. The highest BCUT2D eigenvalue weighted by atomic mass is 16.5. The second-order valence-electron chi connectivity index (χ2n) is 6.14. The minimum absolute atomic E-state index is 0.116. The number of rotatable bonds is 3. The first-order valence-electron chi connectivity index (χ1n) is 7.83. The molecule has 23 heavy (non-hydrogen) atoms. The Kier molecular flexibility index (Phi) is 4.07. The molecule has 0 amide bonds. The van der Waals surface area contributed by atoms with Crippen molar-refractivity contribution < 1.29 is 19.1 Å². The Bertz CT molecular complexity index is 687. The van der Waals surface area contributed by atoms with Crippen LogP contribution in [0.4, 0.5) is 0 Å². The second kappa shape index (κ2) is 6.03. The van der Waals surface area contributed by atoms with Crippen molar-refractivity contribution in [2.75, 3.05) is 7.11 Å². The van der Waals surface area contributed by atoms with Crippen molar-refractivity contribution in [1.82, 2.24) is 0 Å². The van der Waals surface area contributed by atoms with Gasteiger partial charge in [0.25, 0.3) is 0 Å². The summed E-state index contributed by atoms with van der Waals surface area (Å²) in [5.41, 5.74) is 0.988. The Morgan fingerprint density at radius 3 is 2.70 bits per heavy atom. The number of carbonyl (C=O) groups excluding carboxylic acids is 2. The highest BCUT2D eigenvalue weighted by molar-refractivity contribution is 6.04. The van der Waals surface area contributed by atoms with Crippen LogP contribution >= 0.6 is 0 Å². The van der Waals surface area contributed by atoms with Crippen LogP contribution in [0.2, 0.25) is 0 Å². The summed E-state index contributed by atoms with van der Waals surface area (Å²) >= 11 is 0. The predicted molar refractivity (Wildman–Crippen MR) is 85.8 cm³/mol. The summed E-state index contributed by atoms with van der Waals surface area (Å²) in [5.74, 6) is -0.0483. The van der Waals surface area contributed by atoms with E-state index in [4.69, 9.17) is 9.47 Å². The fraction of sp³-hybridized carbons (Fsp3) is 0.368. The van der Waals surface area contributed by atoms with Gasteiger partial charge in [0.15, 0.2) is 5.76 Å². The predicted octanol–water partition coefficient (Wildman–Crippen LogP) is 3.44. The molecule has 1 fully saturated rings. The van der Waals surface area contributed by atoms with Crippen molar-refractivity contribution >= 4 is 11.8 Å². The molecule has 0 aliphatic heterocycles. The van der Waals surface area contributed by atoms with E-state index >= 15 is 0 Å². The van der Waals surface area contributed by atoms with E-state index in [1.54, 1.807) is 12.1 Å². The van der Waals surface area contributed by atoms with Crippen LogP contribution in [0.15, 0.2) is 53.8 Å². The first kappa shape index (κ1) is 15.5. The molecule has 0 aromatic heterocycles. The van der Waals surface area contributed by atoms with Crippen LogP contribution in [0.3, 0.4) is 0 Å². The molecule has 2 aliphatic rings. The topological polar surface area (TPSA) is 52.6 Å². The Balaban J connectivity index is 1.89. The van der Waals surface area contributed by atoms with E-state index in [9.17, 15) is 9.59 Å². The molecule has 0 spiro atoms. The maximum absolute atomic E-state index is 12.4. The molecular weight excluding hydrogens is 292 g/mol. The third-order valence-electron chi connectivity index (χ3n) is 4.75. The first-order chi connectivity index (χ1) is 11.1. The van der Waals surface area contributed by atoms with Gasteiger partial charge in [0.1, 0.15) is 6.10 Å². The molecule has 2 atom stereocenters. The lowest BCUT2D eigenvalue weighted by Crippen LogP contribution is -2.42. The number of ether oxygens (including phenoxy) is 2. The third-order valence-corrected chi connectivity index (χ3v) is 4.75. The zero-order valence-electron chi connectivity index (χ0n) is 13.4. The van der Waals surface area contributed by atoms with Gasteiger partial charge in [0.05, 0.1) is 12.7 Å². The van der Waals surface area contributed by atoms with Crippen LogP contribution in [-0.2, 0) is 14.3 Å². The molecule has 3 rings (SSSR count). The van der Waals surface area contributed by atoms with Crippen LogP contribution < -0.4 is 0 Å². The fourth-order valence-corrected chi connectivity index (χ4v) is 3.44. The number of esters is 1. The minimum Gasteiger partial charge on any atom is -0.493 e. The van der Waals surface area contributed by atoms with Gasteiger partial charge in [-0.3, -0.25) is 4.79 Å². The van der Waals surface area contributed by atoms with Gasteiger partial charge < -0.3 is 9.47 Å². The number of hydrogen-bond donors (Lipinski definition) is 0. The van der Waals surface area contributed by atoms with Gasteiger partial charge in [0, 0.05) is 5.41 Å². The molecule has 1 saturated carbocycles. The molecular formula is C19H20O4. The second-order valence-corrected chi connectivity index (χ2v) is 6.14. The monoisotopic (exact) mass is 312 g/mol. The molecule has 0 N–H and O–H groups in total. The Labute approximate surface area is 135 Å². The SMILES string of the molecule is COC1=C2CCC[C@H](OC(=O)c3ccccc3)[C@@]2(C)C=CC1=O. The maximum atomic E-state index is 12.4. The van der Waals surface area contributed by atoms with Gasteiger partial charge in [-0.15, -0.1) is 0 Å². The standard InChI is InChI=1S/C19H20O4/c1-19-12-11-15(20)17(22-2)14(19)9-6-10-16(19)23-18(21)13-7-4-3-5-8-13/h3-5,7-8,11-12,16H,6,9-10H2,1-2H3/t16-,19-/m0/s1. The molecule has 4 nitrogen and oxygen atoms in total. The number of carbonyl (C=O) groups is 2. The molecule has 1 aromatic rings. The van der Waals surface area contributed by atoms with Crippen molar-refractivity contribution in [3.63, 3.8) is 0 Å². The quantitative estimate of drug-likeness (QED) is 0.802. The summed E-state index contributed by atoms with van der Waals surface area (Å²) in [4.78, 5) is 24.4. The number of hydrogen-bond acceptors (Lipinski definition) is 4. The molecule has 0 saturated heterocycles. The molecule has 120 valence electrons. The molecule has 1 aromatic carbocycles. The average molecular weight is 312 g/mol. The van der Waals surface area contributed by atoms with Crippen LogP contribution in [0.5, 0.6) is 0 Å². The Hall–Kier alpha value is -2.36.